The molecule has 2 aliphatic rings. The number of ether oxygens (including phenoxy) is 1. The van der Waals surface area contributed by atoms with Gasteiger partial charge in [0.1, 0.15) is 23.6 Å². The third-order valence-corrected chi connectivity index (χ3v) is 2.76. The molecule has 5 heteroatoms. The van der Waals surface area contributed by atoms with Gasteiger partial charge in [0.2, 0.25) is 0 Å². The summed E-state index contributed by atoms with van der Waals surface area (Å²) in [7, 11) is 0. The summed E-state index contributed by atoms with van der Waals surface area (Å²) < 4.78 is 5.63. The number of hydrogen-bond acceptors (Lipinski definition) is 4. The lowest BCUT2D eigenvalue weighted by atomic mass is 9.98. The van der Waals surface area contributed by atoms with E-state index in [4.69, 9.17) is 9.84 Å². The van der Waals surface area contributed by atoms with Crippen LogP contribution in [0.25, 0.3) is 0 Å². The molecule has 1 aromatic rings. The summed E-state index contributed by atoms with van der Waals surface area (Å²) in [4.78, 5) is 10.8. The van der Waals surface area contributed by atoms with Crippen molar-refractivity contribution in [2.45, 2.75) is 6.42 Å². The number of carbonyl (C=O) groups is 1. The summed E-state index contributed by atoms with van der Waals surface area (Å²) in [5, 5.41) is 13.1. The highest BCUT2D eigenvalue weighted by Gasteiger charge is 2.29. The molecule has 0 amide bonds. The first-order chi connectivity index (χ1) is 8.25. The molecule has 0 bridgehead atoms. The van der Waals surface area contributed by atoms with Crippen LogP contribution in [0.2, 0.25) is 0 Å². The number of nitrogens with one attached hydrogen (secondary N) is 1. The van der Waals surface area contributed by atoms with Crippen LogP contribution >= 0.6 is 0 Å². The average molecular weight is 230 g/mol. The number of aliphatic carboxylic acids is 1. The molecule has 86 valence electrons. The van der Waals surface area contributed by atoms with Gasteiger partial charge in [-0.05, 0) is 12.1 Å². The minimum atomic E-state index is -0.905. The topological polar surface area (TPSA) is 70.9 Å². The zero-order chi connectivity index (χ0) is 11.8. The average Bonchev–Trinajstić information content (AvgIpc) is 2.78. The molecule has 0 aliphatic carbocycles. The summed E-state index contributed by atoms with van der Waals surface area (Å²) in [5.41, 5.74) is 5.40. The fraction of sp³-hybridized carbons (Fsp3) is 0.167. The molecule has 0 saturated carbocycles. The zero-order valence-electron chi connectivity index (χ0n) is 8.93. The van der Waals surface area contributed by atoms with Crippen LogP contribution < -0.4 is 10.2 Å². The number of hydrogen-bond donors (Lipinski definition) is 2. The molecule has 0 fully saturated rings. The summed E-state index contributed by atoms with van der Waals surface area (Å²) >= 11 is 0. The number of fused-ring (bicyclic) bond motifs is 3. The lowest BCUT2D eigenvalue weighted by Gasteiger charge is -2.20. The molecule has 0 unspecified atom stereocenters. The van der Waals surface area contributed by atoms with Gasteiger partial charge in [-0.1, -0.05) is 12.1 Å². The molecule has 3 rings (SSSR count). The molecule has 2 aliphatic heterocycles. The van der Waals surface area contributed by atoms with Crippen LogP contribution in [-0.4, -0.2) is 23.3 Å². The van der Waals surface area contributed by atoms with E-state index in [2.05, 4.69) is 10.5 Å². The van der Waals surface area contributed by atoms with Crippen molar-refractivity contribution in [1.29, 1.82) is 0 Å². The van der Waals surface area contributed by atoms with Crippen LogP contribution in [0.15, 0.2) is 40.7 Å². The molecule has 5 nitrogen and oxygen atoms in total. The number of rotatable bonds is 2. The maximum Gasteiger partial charge on any atom is 0.311 e. The highest BCUT2D eigenvalue weighted by Crippen LogP contribution is 2.32. The lowest BCUT2D eigenvalue weighted by molar-refractivity contribution is -0.136. The quantitative estimate of drug-likeness (QED) is 0.798. The first-order valence-corrected chi connectivity index (χ1v) is 5.27. The van der Waals surface area contributed by atoms with E-state index in [-0.39, 0.29) is 6.42 Å². The molecule has 2 heterocycles. The van der Waals surface area contributed by atoms with E-state index in [0.29, 0.717) is 18.1 Å². The van der Waals surface area contributed by atoms with Crippen molar-refractivity contribution in [2.75, 3.05) is 6.54 Å². The minimum absolute atomic E-state index is 0.121. The van der Waals surface area contributed by atoms with Crippen LogP contribution in [0.5, 0.6) is 5.75 Å². The Bertz CT molecular complexity index is 561. The fourth-order valence-corrected chi connectivity index (χ4v) is 2.03. The van der Waals surface area contributed by atoms with Crippen molar-refractivity contribution >= 4 is 11.7 Å². The maximum atomic E-state index is 10.8. The third-order valence-electron chi connectivity index (χ3n) is 2.76. The summed E-state index contributed by atoms with van der Waals surface area (Å²) in [6.45, 7) is 0.520. The Balaban J connectivity index is 2.09. The van der Waals surface area contributed by atoms with Gasteiger partial charge in [0, 0.05) is 11.1 Å². The SMILES string of the molecule is O=C(O)CC1=C2CNN=C2c2ccccc2O1. The molecule has 0 spiro atoms. The fourth-order valence-electron chi connectivity index (χ4n) is 2.03. The number of carboxylic acids is 1. The highest BCUT2D eigenvalue weighted by atomic mass is 16.5. The van der Waals surface area contributed by atoms with E-state index in [0.717, 1.165) is 16.8 Å². The van der Waals surface area contributed by atoms with Gasteiger partial charge >= 0.3 is 5.97 Å². The molecule has 0 saturated heterocycles. The van der Waals surface area contributed by atoms with E-state index in [1.54, 1.807) is 0 Å². The van der Waals surface area contributed by atoms with E-state index in [9.17, 15) is 4.79 Å². The smallest absolute Gasteiger partial charge is 0.311 e. The Labute approximate surface area is 97.4 Å². The summed E-state index contributed by atoms with van der Waals surface area (Å²) in [5.74, 6) is 0.230. The van der Waals surface area contributed by atoms with E-state index >= 15 is 0 Å². The Morgan fingerprint density at radius 1 is 1.47 bits per heavy atom. The van der Waals surface area contributed by atoms with Crippen molar-refractivity contribution in [2.24, 2.45) is 5.10 Å². The van der Waals surface area contributed by atoms with Crippen molar-refractivity contribution in [1.82, 2.24) is 5.43 Å². The van der Waals surface area contributed by atoms with Gasteiger partial charge in [0.05, 0.1) is 6.54 Å². The van der Waals surface area contributed by atoms with Crippen LogP contribution in [0.4, 0.5) is 0 Å². The van der Waals surface area contributed by atoms with Gasteiger partial charge < -0.3 is 15.3 Å². The molecular weight excluding hydrogens is 220 g/mol. The Morgan fingerprint density at radius 2 is 2.29 bits per heavy atom. The Hall–Kier alpha value is -2.30. The second-order valence-electron chi connectivity index (χ2n) is 3.87. The molecular formula is C12H10N2O3. The molecule has 0 aromatic heterocycles. The van der Waals surface area contributed by atoms with Crippen molar-refractivity contribution in [3.8, 4) is 5.75 Å². The number of nitrogens with zero attached hydrogens (tertiary/aromatic N) is 1. The zero-order valence-corrected chi connectivity index (χ0v) is 8.93. The van der Waals surface area contributed by atoms with E-state index in [1.807, 2.05) is 24.3 Å². The number of para-hydroxylation sites is 1. The van der Waals surface area contributed by atoms with Gasteiger partial charge in [-0.25, -0.2) is 0 Å². The van der Waals surface area contributed by atoms with Crippen molar-refractivity contribution in [3.63, 3.8) is 0 Å². The van der Waals surface area contributed by atoms with Crippen LogP contribution in [-0.2, 0) is 4.79 Å². The first-order valence-electron chi connectivity index (χ1n) is 5.27. The Morgan fingerprint density at radius 3 is 3.12 bits per heavy atom. The van der Waals surface area contributed by atoms with Crippen LogP contribution in [0.3, 0.4) is 0 Å². The molecule has 2 N–H and O–H groups in total. The van der Waals surface area contributed by atoms with E-state index < -0.39 is 5.97 Å². The van der Waals surface area contributed by atoms with Crippen LogP contribution in [0.1, 0.15) is 12.0 Å². The summed E-state index contributed by atoms with van der Waals surface area (Å²) in [6.07, 6.45) is -0.121. The van der Waals surface area contributed by atoms with E-state index in [1.165, 1.54) is 0 Å². The van der Waals surface area contributed by atoms with Gasteiger partial charge in [0.25, 0.3) is 0 Å². The molecule has 17 heavy (non-hydrogen) atoms. The van der Waals surface area contributed by atoms with Crippen molar-refractivity contribution < 1.29 is 14.6 Å². The highest BCUT2D eigenvalue weighted by molar-refractivity contribution is 6.16. The number of benzene rings is 1. The molecule has 1 aromatic carbocycles. The Kier molecular flexibility index (Phi) is 2.11. The predicted octanol–water partition coefficient (Wildman–Crippen LogP) is 1.12. The lowest BCUT2D eigenvalue weighted by Crippen LogP contribution is -2.19. The predicted molar refractivity (Wildman–Crippen MR) is 60.9 cm³/mol. The van der Waals surface area contributed by atoms with Gasteiger partial charge in [-0.2, -0.15) is 5.10 Å². The monoisotopic (exact) mass is 230 g/mol. The second kappa shape index (κ2) is 3.62. The first kappa shape index (κ1) is 9.89. The standard InChI is InChI=1S/C12H10N2O3/c15-11(16)5-10-8-6-13-14-12(8)7-3-1-2-4-9(7)17-10/h1-4,13H,5-6H2,(H,15,16). The number of hydrazone groups is 1. The van der Waals surface area contributed by atoms with Crippen LogP contribution in [0, 0.1) is 0 Å². The van der Waals surface area contributed by atoms with Gasteiger partial charge in [-0.15, -0.1) is 0 Å². The second-order valence-corrected chi connectivity index (χ2v) is 3.87. The van der Waals surface area contributed by atoms with Gasteiger partial charge in [-0.3, -0.25) is 4.79 Å². The summed E-state index contributed by atoms with van der Waals surface area (Å²) in [6, 6.07) is 7.49. The third kappa shape index (κ3) is 1.56. The number of carboxylic acid groups (broad SMARTS) is 1. The molecule has 0 atom stereocenters. The largest absolute Gasteiger partial charge is 0.481 e. The maximum absolute atomic E-state index is 10.8. The normalized spacial score (nSPS) is 16.6. The van der Waals surface area contributed by atoms with Gasteiger partial charge in [0.15, 0.2) is 0 Å². The van der Waals surface area contributed by atoms with Crippen molar-refractivity contribution in [3.05, 3.63) is 41.2 Å². The molecule has 0 radical (unpaired) electrons. The minimum Gasteiger partial charge on any atom is -0.481 e.